The van der Waals surface area contributed by atoms with Gasteiger partial charge in [0.05, 0.1) is 23.6 Å². The quantitative estimate of drug-likeness (QED) is 0.190. The number of likely N-dealkylation sites (N-methyl/N-ethyl adjacent to an activating group) is 1. The minimum absolute atomic E-state index is 0.00488. The van der Waals surface area contributed by atoms with Crippen LogP contribution in [0.25, 0.3) is 0 Å². The minimum atomic E-state index is -1.17. The van der Waals surface area contributed by atoms with E-state index in [0.717, 1.165) is 75.7 Å². The Bertz CT molecular complexity index is 1740. The van der Waals surface area contributed by atoms with E-state index in [1.54, 1.807) is 13.8 Å². The summed E-state index contributed by atoms with van der Waals surface area (Å²) in [5.74, 6) is -0.284. The van der Waals surface area contributed by atoms with Crippen LogP contribution in [-0.2, 0) is 25.7 Å². The number of ether oxygens (including phenoxy) is 1. The number of rotatable bonds is 13. The van der Waals surface area contributed by atoms with Crippen molar-refractivity contribution in [3.05, 3.63) is 41.2 Å². The number of nitrogens with zero attached hydrogens (tertiary/aromatic N) is 3. The number of hydrogen-bond donors (Lipinski definition) is 2. The van der Waals surface area contributed by atoms with Gasteiger partial charge in [0, 0.05) is 49.6 Å². The second-order valence-electron chi connectivity index (χ2n) is 22.0. The molecule has 9 nitrogen and oxygen atoms in total. The van der Waals surface area contributed by atoms with E-state index in [1.807, 2.05) is 18.3 Å². The highest BCUT2D eigenvalue weighted by Crippen LogP contribution is 2.80. The maximum absolute atomic E-state index is 14.4. The number of allylic oxidation sites excluding steroid dienone is 1. The molecule has 1 aromatic rings. The predicted octanol–water partition coefficient (Wildman–Crippen LogP) is 8.59. The molecule has 5 aliphatic rings. The van der Waals surface area contributed by atoms with Gasteiger partial charge in [0.1, 0.15) is 6.10 Å². The number of carbonyl (C=O) groups is 3. The van der Waals surface area contributed by atoms with Crippen molar-refractivity contribution in [3.63, 3.8) is 0 Å². The number of Topliss-reactive ketones (excluding diaryl/α,β-unsaturated/α-hetero) is 1. The van der Waals surface area contributed by atoms with Gasteiger partial charge in [0.25, 0.3) is 0 Å². The molecule has 0 spiro atoms. The lowest BCUT2D eigenvalue weighted by Gasteiger charge is -2.75. The third-order valence-corrected chi connectivity index (χ3v) is 17.6. The van der Waals surface area contributed by atoms with Crippen LogP contribution in [-0.4, -0.2) is 88.7 Å². The lowest BCUT2D eigenvalue weighted by Crippen LogP contribution is -2.69. The van der Waals surface area contributed by atoms with Crippen LogP contribution < -0.4 is 0 Å². The summed E-state index contributed by atoms with van der Waals surface area (Å²) in [6.07, 6.45) is 8.82. The van der Waals surface area contributed by atoms with Crippen molar-refractivity contribution in [1.82, 2.24) is 14.8 Å². The summed E-state index contributed by atoms with van der Waals surface area (Å²) >= 11 is 0. The normalized spacial score (nSPS) is 36.8. The SMILES string of the molecule is CC(C)C1=C2C(C(O)CN(CCN(C)C)Cc3ccccn3)(CC[C@]3(C)[C@]2(C)CC[C@@H]2[C@@]4(C)CC[C@H](OC(=O)CC(C)(C)C(=O)O)C(C)(C)[C@@H]4CC[C@]23C)CC1=O. The van der Waals surface area contributed by atoms with Gasteiger partial charge in [0.15, 0.2) is 5.78 Å². The molecule has 9 heteroatoms. The van der Waals surface area contributed by atoms with Crippen LogP contribution in [0.1, 0.15) is 139 Å². The molecule has 0 amide bonds. The first kappa shape index (κ1) is 43.9. The molecule has 318 valence electrons. The molecule has 4 saturated carbocycles. The Morgan fingerprint density at radius 2 is 1.63 bits per heavy atom. The van der Waals surface area contributed by atoms with Crippen molar-refractivity contribution in [2.75, 3.05) is 33.7 Å². The Morgan fingerprint density at radius 3 is 2.25 bits per heavy atom. The first-order valence-corrected chi connectivity index (χ1v) is 22.1. The van der Waals surface area contributed by atoms with E-state index in [0.29, 0.717) is 31.3 Å². The lowest BCUT2D eigenvalue weighted by atomic mass is 9.29. The summed E-state index contributed by atoms with van der Waals surface area (Å²) in [6, 6.07) is 6.02. The number of hydrogen-bond acceptors (Lipinski definition) is 8. The molecule has 0 aromatic carbocycles. The maximum atomic E-state index is 14.4. The molecule has 0 saturated heterocycles. The number of carbonyl (C=O) groups excluding carboxylic acids is 2. The number of aliphatic hydroxyl groups is 1. The highest BCUT2D eigenvalue weighted by molar-refractivity contribution is 6.01. The lowest BCUT2D eigenvalue weighted by molar-refractivity contribution is -0.252. The minimum Gasteiger partial charge on any atom is -0.481 e. The smallest absolute Gasteiger partial charge is 0.309 e. The molecule has 0 radical (unpaired) electrons. The van der Waals surface area contributed by atoms with Gasteiger partial charge in [-0.1, -0.05) is 61.5 Å². The van der Waals surface area contributed by atoms with Crippen LogP contribution in [0.2, 0.25) is 0 Å². The maximum Gasteiger partial charge on any atom is 0.309 e. The third-order valence-electron chi connectivity index (χ3n) is 17.6. The van der Waals surface area contributed by atoms with E-state index >= 15 is 0 Å². The van der Waals surface area contributed by atoms with E-state index in [-0.39, 0.29) is 51.3 Å². The average Bonchev–Trinajstić information content (AvgIpc) is 3.44. The molecule has 0 bridgehead atoms. The number of aliphatic carboxylic acids is 1. The molecular weight excluding hydrogens is 715 g/mol. The Hall–Kier alpha value is -2.62. The van der Waals surface area contributed by atoms with Gasteiger partial charge in [-0.2, -0.15) is 0 Å². The van der Waals surface area contributed by atoms with Crippen LogP contribution >= 0.6 is 0 Å². The van der Waals surface area contributed by atoms with Gasteiger partial charge in [-0.3, -0.25) is 24.3 Å². The van der Waals surface area contributed by atoms with Crippen LogP contribution in [0, 0.1) is 55.7 Å². The number of pyridine rings is 1. The van der Waals surface area contributed by atoms with Crippen molar-refractivity contribution in [1.29, 1.82) is 0 Å². The van der Waals surface area contributed by atoms with Crippen LogP contribution in [0.15, 0.2) is 35.5 Å². The van der Waals surface area contributed by atoms with Gasteiger partial charge >= 0.3 is 11.9 Å². The number of ketones is 1. The molecular formula is C48H75N3O6. The predicted molar refractivity (Wildman–Crippen MR) is 224 cm³/mol. The number of esters is 1. The molecule has 2 N–H and O–H groups in total. The van der Waals surface area contributed by atoms with Crippen LogP contribution in [0.5, 0.6) is 0 Å². The summed E-state index contributed by atoms with van der Waals surface area (Å²) in [5, 5.41) is 22.4. The van der Waals surface area contributed by atoms with Gasteiger partial charge in [-0.25, -0.2) is 0 Å². The first-order valence-electron chi connectivity index (χ1n) is 22.1. The number of fused-ring (bicyclic) bond motifs is 7. The van der Waals surface area contributed by atoms with E-state index in [9.17, 15) is 24.6 Å². The number of carboxylic acid groups (broad SMARTS) is 1. The second-order valence-corrected chi connectivity index (χ2v) is 22.0. The average molecular weight is 790 g/mol. The zero-order chi connectivity index (χ0) is 42.1. The molecule has 0 aliphatic heterocycles. The summed E-state index contributed by atoms with van der Waals surface area (Å²) in [5.41, 5.74) is 0.946. The van der Waals surface area contributed by atoms with Crippen LogP contribution in [0.3, 0.4) is 0 Å². The largest absolute Gasteiger partial charge is 0.481 e. The summed E-state index contributed by atoms with van der Waals surface area (Å²) in [4.78, 5) is 48.6. The number of aromatic nitrogens is 1. The van der Waals surface area contributed by atoms with Crippen molar-refractivity contribution >= 4 is 17.7 Å². The summed E-state index contributed by atoms with van der Waals surface area (Å²) < 4.78 is 6.21. The zero-order valence-corrected chi connectivity index (χ0v) is 37.5. The molecule has 6 rings (SSSR count). The van der Waals surface area contributed by atoms with Crippen molar-refractivity contribution in [2.45, 2.75) is 152 Å². The van der Waals surface area contributed by atoms with Gasteiger partial charge in [0.2, 0.25) is 0 Å². The molecule has 1 aromatic heterocycles. The monoisotopic (exact) mass is 790 g/mol. The molecule has 9 atom stereocenters. The van der Waals surface area contributed by atoms with Crippen LogP contribution in [0.4, 0.5) is 0 Å². The molecule has 2 unspecified atom stereocenters. The molecule has 57 heavy (non-hydrogen) atoms. The summed E-state index contributed by atoms with van der Waals surface area (Å²) in [6.45, 7) is 25.0. The fourth-order valence-corrected chi connectivity index (χ4v) is 14.2. The fraction of sp³-hybridized carbons (Fsp3) is 0.792. The summed E-state index contributed by atoms with van der Waals surface area (Å²) in [7, 11) is 4.17. The Kier molecular flexibility index (Phi) is 11.7. The molecule has 5 aliphatic carbocycles. The second kappa shape index (κ2) is 15.1. The third kappa shape index (κ3) is 7.05. The first-order chi connectivity index (χ1) is 26.4. The standard InChI is InChI=1S/C48H75N3O6/c1-31(2)39-33(52)27-48(36(53)30-51(26-25-50(11)12)29-32-15-13-14-24-49-32)23-22-47(10)45(8)20-16-34-43(5,6)37(57-38(54)28-42(3,4)41(55)56)18-19-44(34,7)35(45)17-21-46(47,9)40(39)48/h13-15,24,31,34-37,53H,16-23,25-30H2,1-12H3,(H,55,56)/t34-,35+,36?,37-,44-,45+,46+,47-,48?/m0/s1. The molecule has 1 heterocycles. The van der Waals surface area contributed by atoms with E-state index in [2.05, 4.69) is 90.3 Å². The molecule has 4 fully saturated rings. The van der Waals surface area contributed by atoms with Gasteiger partial charge in [-0.15, -0.1) is 0 Å². The number of carboxylic acids is 1. The Labute approximate surface area is 343 Å². The van der Waals surface area contributed by atoms with Gasteiger partial charge in [-0.05, 0) is 142 Å². The topological polar surface area (TPSA) is 120 Å². The zero-order valence-electron chi connectivity index (χ0n) is 37.5. The Morgan fingerprint density at radius 1 is 0.947 bits per heavy atom. The van der Waals surface area contributed by atoms with E-state index in [1.165, 1.54) is 5.57 Å². The fourth-order valence-electron chi connectivity index (χ4n) is 14.2. The van der Waals surface area contributed by atoms with E-state index < -0.39 is 28.9 Å². The van der Waals surface area contributed by atoms with Crippen molar-refractivity contribution < 1.29 is 29.3 Å². The van der Waals surface area contributed by atoms with Crippen molar-refractivity contribution in [2.24, 2.45) is 55.7 Å². The number of aliphatic hydroxyl groups excluding tert-OH is 1. The van der Waals surface area contributed by atoms with Gasteiger partial charge < -0.3 is 19.8 Å². The van der Waals surface area contributed by atoms with E-state index in [4.69, 9.17) is 4.74 Å². The highest BCUT2D eigenvalue weighted by atomic mass is 16.5. The van der Waals surface area contributed by atoms with Crippen molar-refractivity contribution in [3.8, 4) is 0 Å². The Balaban J connectivity index is 1.32. The highest BCUT2D eigenvalue weighted by Gasteiger charge is 2.74.